The van der Waals surface area contributed by atoms with Gasteiger partial charge < -0.3 is 99.0 Å². The van der Waals surface area contributed by atoms with E-state index >= 15 is 0 Å². The SMILES string of the molecule is C=CC(=O)Nc1cc(Nc2nc(-c3cnn(C)c3)c3cc[nH]c3n2)c(OC)cc1OCCN(C)C.C=CC(=O)Nc1cc(Nc2nc(-c3cnn(C)c3)c3ccn(CO)c3n2)c(OC)cc1OCCN(C)C.C=CC(=O)Nc1cc(Nc2nc(-c3cnn(C)c3)c3ccn(COCC[Si](C)(C)C)c3n2)c(OC)cc1OCCN(C)C. The van der Waals surface area contributed by atoms with Crippen molar-refractivity contribution >= 4 is 111 Å². The first-order valence-corrected chi connectivity index (χ1v) is 40.2. The molecule has 0 aliphatic rings. The van der Waals surface area contributed by atoms with Crippen molar-refractivity contribution in [3.63, 3.8) is 0 Å². The van der Waals surface area contributed by atoms with E-state index in [2.05, 4.69) is 102 Å². The van der Waals surface area contributed by atoms with E-state index in [4.69, 9.17) is 53.1 Å². The fraction of sp³-hybridized carbons (Fsp3) is 0.316. The second-order valence-electron chi connectivity index (χ2n) is 28.2. The molecule has 0 aliphatic heterocycles. The van der Waals surface area contributed by atoms with Gasteiger partial charge in [-0.2, -0.15) is 30.2 Å². The zero-order chi connectivity index (χ0) is 82.6. The lowest BCUT2D eigenvalue weighted by atomic mass is 10.2. The third-order valence-corrected chi connectivity index (χ3v) is 19.0. The number of likely N-dealkylation sites (N-methyl/N-ethyl adjacent to an activating group) is 3. The predicted octanol–water partition coefficient (Wildman–Crippen LogP) is 10.7. The fourth-order valence-corrected chi connectivity index (χ4v) is 12.1. The number of anilines is 9. The molecular weight excluding hydrogens is 1490 g/mol. The van der Waals surface area contributed by atoms with Gasteiger partial charge in [-0.3, -0.25) is 28.4 Å². The van der Waals surface area contributed by atoms with Crippen molar-refractivity contribution in [3.8, 4) is 68.3 Å². The molecule has 9 heterocycles. The summed E-state index contributed by atoms with van der Waals surface area (Å²) >= 11 is 0. The smallest absolute Gasteiger partial charge is 0.247 e. The summed E-state index contributed by atoms with van der Waals surface area (Å²) in [4.78, 5) is 74.1. The van der Waals surface area contributed by atoms with Crippen LogP contribution in [0.1, 0.15) is 0 Å². The minimum Gasteiger partial charge on any atom is -0.494 e. The van der Waals surface area contributed by atoms with Crippen molar-refractivity contribution in [3.05, 3.63) is 148 Å². The number of ether oxygens (including phenoxy) is 7. The lowest BCUT2D eigenvalue weighted by Crippen LogP contribution is -2.22. The van der Waals surface area contributed by atoms with Crippen LogP contribution in [0.4, 0.5) is 52.0 Å². The number of methoxy groups -OCH3 is 3. The van der Waals surface area contributed by atoms with Crippen molar-refractivity contribution < 1.29 is 52.6 Å². The number of fused-ring (bicyclic) bond motifs is 3. The Balaban J connectivity index is 0.000000183. The second kappa shape index (κ2) is 39.0. The number of H-pyrrole nitrogens is 1. The number of aliphatic hydroxyl groups excluding tert-OH is 1. The van der Waals surface area contributed by atoms with Crippen LogP contribution in [0.5, 0.6) is 34.5 Å². The van der Waals surface area contributed by atoms with Crippen LogP contribution in [0.3, 0.4) is 0 Å². The van der Waals surface area contributed by atoms with Crippen molar-refractivity contribution in [2.75, 3.05) is 142 Å². The summed E-state index contributed by atoms with van der Waals surface area (Å²) in [6, 6.07) is 17.1. The van der Waals surface area contributed by atoms with E-state index < -0.39 is 8.07 Å². The molecule has 0 unspecified atom stereocenters. The maximum atomic E-state index is 12.3. The van der Waals surface area contributed by atoms with Crippen LogP contribution in [0.25, 0.3) is 66.9 Å². The molecule has 0 fully saturated rings. The van der Waals surface area contributed by atoms with Crippen LogP contribution in [0.2, 0.25) is 25.7 Å². The van der Waals surface area contributed by atoms with Crippen molar-refractivity contribution in [2.24, 2.45) is 21.1 Å². The molecule has 12 aromatic rings. The maximum absolute atomic E-state index is 12.3. The van der Waals surface area contributed by atoms with Gasteiger partial charge in [-0.1, -0.05) is 39.4 Å². The quantitative estimate of drug-likeness (QED) is 0.0103. The number of aromatic amines is 1. The normalized spacial score (nSPS) is 11.3. The Hall–Kier alpha value is -13.0. The second-order valence-corrected chi connectivity index (χ2v) is 33.8. The lowest BCUT2D eigenvalue weighted by Gasteiger charge is -2.18. The molecule has 3 aromatic carbocycles. The Bertz CT molecular complexity index is 5400. The molecule has 3 amide bonds. The Kier molecular flexibility index (Phi) is 28.6. The van der Waals surface area contributed by atoms with Crippen LogP contribution in [-0.2, 0) is 53.7 Å². The highest BCUT2D eigenvalue weighted by Crippen LogP contribution is 2.43. The Morgan fingerprint density at radius 1 is 0.487 bits per heavy atom. The molecule has 36 heteroatoms. The summed E-state index contributed by atoms with van der Waals surface area (Å²) in [5.74, 6) is 2.69. The van der Waals surface area contributed by atoms with E-state index in [1.165, 1.54) is 25.3 Å². The number of carbonyl (C=O) groups is 3. The largest absolute Gasteiger partial charge is 0.494 e. The molecule has 0 saturated heterocycles. The van der Waals surface area contributed by atoms with Gasteiger partial charge in [0.15, 0.2) is 0 Å². The van der Waals surface area contributed by atoms with Crippen LogP contribution in [-0.4, -0.2) is 229 Å². The van der Waals surface area contributed by atoms with E-state index in [-0.39, 0.29) is 30.4 Å². The molecule has 8 N–H and O–H groups in total. The van der Waals surface area contributed by atoms with Crippen molar-refractivity contribution in [2.45, 2.75) is 39.1 Å². The Morgan fingerprint density at radius 3 is 1.19 bits per heavy atom. The van der Waals surface area contributed by atoms with Crippen LogP contribution in [0, 0.1) is 0 Å². The highest BCUT2D eigenvalue weighted by Gasteiger charge is 2.24. The van der Waals surface area contributed by atoms with E-state index in [0.717, 1.165) is 50.3 Å². The fourth-order valence-electron chi connectivity index (χ4n) is 11.4. The molecule has 115 heavy (non-hydrogen) atoms. The summed E-state index contributed by atoms with van der Waals surface area (Å²) < 4.78 is 49.5. The number of carbonyl (C=O) groups excluding carboxylic acids is 3. The molecule has 0 radical (unpaired) electrons. The van der Waals surface area contributed by atoms with Crippen molar-refractivity contribution in [1.29, 1.82) is 0 Å². The van der Waals surface area contributed by atoms with Gasteiger partial charge in [0.1, 0.15) is 84.7 Å². The molecule has 0 atom stereocenters. The Morgan fingerprint density at radius 2 is 0.852 bits per heavy atom. The monoisotopic (exact) mass is 1590 g/mol. The van der Waals surface area contributed by atoms with Gasteiger partial charge in [0.25, 0.3) is 0 Å². The number of aryl methyl sites for hydroxylation is 3. The number of hydrogen-bond donors (Lipinski definition) is 8. The first-order valence-electron chi connectivity index (χ1n) is 36.5. The summed E-state index contributed by atoms with van der Waals surface area (Å²) in [5, 5.41) is 43.3. The number of hydrogen-bond acceptors (Lipinski definition) is 26. The lowest BCUT2D eigenvalue weighted by molar-refractivity contribution is -0.112. The summed E-state index contributed by atoms with van der Waals surface area (Å²) in [6.45, 7) is 21.8. The molecule has 35 nitrogen and oxygen atoms in total. The Labute approximate surface area is 667 Å². The number of aromatic nitrogens is 15. The molecule has 0 aliphatic carbocycles. The minimum atomic E-state index is -1.21. The van der Waals surface area contributed by atoms with E-state index in [1.54, 1.807) is 94.0 Å². The standard InChI is InChI=1S/C30H42N8O4Si.C25H30N8O4.C24H28N8O3/c1-9-27(39)32-24-16-23(25(40-5)17-26(24)42-13-12-36(2)3)33-30-34-28(21-18-31-37(4)19-21)22-10-11-38(29(22)35-30)20-41-14-15-43(6,7)8;1-6-22(35)27-19-11-18(20(36-5)12-21(19)37-10-9-31(2)3)28-25-29-23(16-13-26-32(4)14-16)17-7-8-33(15-34)24(17)30-25;1-6-21(33)27-18-11-17(19(34-5)12-20(18)35-10-9-31(2)3)28-24-29-22(15-13-26-32(4)14-15)16-7-8-25-23(16)30-24/h9-11,16-19H,1,12-15,20H2,2-8H3,(H,32,39)(H,33,34,35);6-8,11-14,34H,1,9-10,15H2,2-5H3,(H,27,35)(H,28,29,30);6-8,11-14H,1,9-10H2,2-5H3,(H,27,33)(H2,25,28,29,30). The average Bonchev–Trinajstić information content (AvgIpc) is 1.66. The molecule has 9 aromatic heterocycles. The van der Waals surface area contributed by atoms with Gasteiger partial charge in [0.2, 0.25) is 35.6 Å². The zero-order valence-corrected chi connectivity index (χ0v) is 68.4. The zero-order valence-electron chi connectivity index (χ0n) is 67.4. The van der Waals surface area contributed by atoms with Gasteiger partial charge in [0, 0.05) is 144 Å². The minimum absolute atomic E-state index is 0.244. The summed E-state index contributed by atoms with van der Waals surface area (Å²) in [6.07, 6.45) is 20.0. The predicted molar refractivity (Wildman–Crippen MR) is 449 cm³/mol. The van der Waals surface area contributed by atoms with Gasteiger partial charge in [-0.15, -0.1) is 0 Å². The van der Waals surface area contributed by atoms with Crippen LogP contribution in [0.15, 0.2) is 148 Å². The number of amides is 3. The average molecular weight is 1590 g/mol. The van der Waals surface area contributed by atoms with Crippen molar-refractivity contribution in [1.82, 2.24) is 88.1 Å². The molecule has 12 rings (SSSR count). The number of nitrogens with zero attached hydrogens (tertiary/aromatic N) is 17. The molecule has 606 valence electrons. The highest BCUT2D eigenvalue weighted by atomic mass is 28.3. The third kappa shape index (κ3) is 22.4. The highest BCUT2D eigenvalue weighted by molar-refractivity contribution is 6.76. The molecular formula is C79H100N24O11Si. The van der Waals surface area contributed by atoms with E-state index in [9.17, 15) is 19.5 Å². The van der Waals surface area contributed by atoms with Gasteiger partial charge in [0.05, 0.1) is 91.1 Å². The number of aliphatic hydroxyl groups is 1. The van der Waals surface area contributed by atoms with E-state index in [0.29, 0.717) is 156 Å². The molecule has 0 bridgehead atoms. The third-order valence-electron chi connectivity index (χ3n) is 17.3. The summed E-state index contributed by atoms with van der Waals surface area (Å²) in [7, 11) is 20.7. The van der Waals surface area contributed by atoms with Crippen LogP contribution >= 0.6 is 0 Å². The number of nitrogens with one attached hydrogen (secondary N) is 7. The van der Waals surface area contributed by atoms with Gasteiger partial charge in [-0.05, 0) is 103 Å². The van der Waals surface area contributed by atoms with E-state index in [1.807, 2.05) is 132 Å². The molecule has 0 saturated carbocycles. The first kappa shape index (κ1) is 84.4. The maximum Gasteiger partial charge on any atom is 0.247 e. The summed E-state index contributed by atoms with van der Waals surface area (Å²) in [5.41, 5.74) is 9.49. The molecule has 0 spiro atoms. The number of rotatable bonds is 36. The topological polar surface area (TPSA) is 374 Å². The van der Waals surface area contributed by atoms with Gasteiger partial charge in [-0.25, -0.2) is 15.0 Å². The van der Waals surface area contributed by atoms with Gasteiger partial charge >= 0.3 is 0 Å². The first-order chi connectivity index (χ1) is 55.2. The number of benzene rings is 3. The van der Waals surface area contributed by atoms with Crippen LogP contribution < -0.4 is 60.3 Å².